The number of nitrogens with zero attached hydrogens (tertiary/aromatic N) is 2. The fourth-order valence-corrected chi connectivity index (χ4v) is 4.50. The molecule has 2 N–H and O–H groups in total. The van der Waals surface area contributed by atoms with Crippen LogP contribution in [-0.2, 0) is 0 Å². The molecular formula is C29H32N4O2S. The average molecular weight is 501 g/mol. The van der Waals surface area contributed by atoms with E-state index >= 15 is 0 Å². The third kappa shape index (κ3) is 6.71. The van der Waals surface area contributed by atoms with Crippen LogP contribution < -0.4 is 15.4 Å². The third-order valence-electron chi connectivity index (χ3n) is 5.92. The highest BCUT2D eigenvalue weighted by Crippen LogP contribution is 2.33. The molecule has 186 valence electrons. The summed E-state index contributed by atoms with van der Waals surface area (Å²) in [7, 11) is 0. The van der Waals surface area contributed by atoms with Crippen molar-refractivity contribution in [2.75, 3.05) is 36.9 Å². The molecule has 36 heavy (non-hydrogen) atoms. The topological polar surface area (TPSA) is 66.5 Å². The van der Waals surface area contributed by atoms with Gasteiger partial charge in [-0.1, -0.05) is 61.9 Å². The van der Waals surface area contributed by atoms with Crippen LogP contribution >= 0.6 is 11.3 Å². The smallest absolute Gasteiger partial charge is 0.275 e. The molecule has 0 aliphatic carbocycles. The zero-order valence-electron chi connectivity index (χ0n) is 21.0. The fraction of sp³-hybridized carbons (Fsp3) is 0.241. The number of aryl methyl sites for hydroxylation is 1. The van der Waals surface area contributed by atoms with Gasteiger partial charge in [0.25, 0.3) is 5.91 Å². The average Bonchev–Trinajstić information content (AvgIpc) is 3.37. The number of likely N-dealkylation sites (N-methyl/N-ethyl adjacent to an activating group) is 1. The normalized spacial score (nSPS) is 10.9. The van der Waals surface area contributed by atoms with Crippen LogP contribution in [0.25, 0.3) is 11.1 Å². The van der Waals surface area contributed by atoms with Crippen LogP contribution in [0.1, 0.15) is 29.9 Å². The van der Waals surface area contributed by atoms with E-state index in [1.54, 1.807) is 5.38 Å². The van der Waals surface area contributed by atoms with Crippen molar-refractivity contribution >= 4 is 33.8 Å². The van der Waals surface area contributed by atoms with E-state index in [1.165, 1.54) is 16.9 Å². The molecule has 7 heteroatoms. The molecule has 0 aliphatic heterocycles. The van der Waals surface area contributed by atoms with Crippen LogP contribution in [0.2, 0.25) is 0 Å². The second-order valence-corrected chi connectivity index (χ2v) is 9.29. The number of benzene rings is 3. The van der Waals surface area contributed by atoms with E-state index < -0.39 is 0 Å². The summed E-state index contributed by atoms with van der Waals surface area (Å²) in [4.78, 5) is 19.7. The van der Waals surface area contributed by atoms with Gasteiger partial charge >= 0.3 is 0 Å². The highest BCUT2D eigenvalue weighted by Gasteiger charge is 2.14. The van der Waals surface area contributed by atoms with E-state index in [0.29, 0.717) is 23.1 Å². The predicted molar refractivity (Wildman–Crippen MR) is 150 cm³/mol. The summed E-state index contributed by atoms with van der Waals surface area (Å²) in [5, 5.41) is 8.62. The largest absolute Gasteiger partial charge is 0.492 e. The lowest BCUT2D eigenvalue weighted by atomic mass is 10.0. The Kier molecular flexibility index (Phi) is 8.71. The minimum absolute atomic E-state index is 0.260. The van der Waals surface area contributed by atoms with Crippen molar-refractivity contribution in [3.8, 4) is 16.9 Å². The molecule has 0 atom stereocenters. The molecule has 0 saturated heterocycles. The van der Waals surface area contributed by atoms with Crippen molar-refractivity contribution in [3.05, 3.63) is 89.4 Å². The number of nitrogens with one attached hydrogen (secondary N) is 2. The van der Waals surface area contributed by atoms with Crippen molar-refractivity contribution in [1.29, 1.82) is 0 Å². The number of carbonyl (C=O) groups is 1. The lowest BCUT2D eigenvalue weighted by Crippen LogP contribution is -2.28. The molecule has 4 rings (SSSR count). The molecule has 3 aromatic carbocycles. The van der Waals surface area contributed by atoms with Crippen molar-refractivity contribution in [3.63, 3.8) is 0 Å². The number of carbonyl (C=O) groups excluding carboxylic acids is 1. The van der Waals surface area contributed by atoms with Crippen molar-refractivity contribution in [2.24, 2.45) is 0 Å². The SMILES string of the molecule is CCN(CC)CCOc1cc(NC(=O)c2csc(Nc3ccccc3)n2)ccc1-c1ccc(C)cc1. The molecule has 1 aromatic heterocycles. The summed E-state index contributed by atoms with van der Waals surface area (Å²) in [6.45, 7) is 9.74. The second-order valence-electron chi connectivity index (χ2n) is 8.44. The van der Waals surface area contributed by atoms with Crippen LogP contribution in [0.3, 0.4) is 0 Å². The summed E-state index contributed by atoms with van der Waals surface area (Å²) >= 11 is 1.39. The van der Waals surface area contributed by atoms with Crippen LogP contribution in [0, 0.1) is 6.92 Å². The van der Waals surface area contributed by atoms with E-state index in [-0.39, 0.29) is 5.91 Å². The number of para-hydroxylation sites is 1. The van der Waals surface area contributed by atoms with Crippen LogP contribution in [-0.4, -0.2) is 42.0 Å². The Morgan fingerprint density at radius 3 is 2.44 bits per heavy atom. The maximum atomic E-state index is 12.9. The van der Waals surface area contributed by atoms with Gasteiger partial charge in [-0.3, -0.25) is 4.79 Å². The molecule has 6 nitrogen and oxygen atoms in total. The number of hydrogen-bond acceptors (Lipinski definition) is 6. The summed E-state index contributed by atoms with van der Waals surface area (Å²) in [5.74, 6) is 0.484. The number of aromatic nitrogens is 1. The van der Waals surface area contributed by atoms with Crippen molar-refractivity contribution in [2.45, 2.75) is 20.8 Å². The van der Waals surface area contributed by atoms with E-state index in [2.05, 4.69) is 65.6 Å². The first-order valence-electron chi connectivity index (χ1n) is 12.2. The van der Waals surface area contributed by atoms with E-state index in [0.717, 1.165) is 42.2 Å². The monoisotopic (exact) mass is 500 g/mol. The highest BCUT2D eigenvalue weighted by molar-refractivity contribution is 7.14. The molecule has 0 fully saturated rings. The predicted octanol–water partition coefficient (Wildman–Crippen LogP) is 6.84. The highest BCUT2D eigenvalue weighted by atomic mass is 32.1. The first-order chi connectivity index (χ1) is 17.6. The van der Waals surface area contributed by atoms with Crippen molar-refractivity contribution < 1.29 is 9.53 Å². The van der Waals surface area contributed by atoms with E-state index in [9.17, 15) is 4.79 Å². The molecule has 0 aliphatic rings. The minimum atomic E-state index is -0.260. The third-order valence-corrected chi connectivity index (χ3v) is 6.68. The lowest BCUT2D eigenvalue weighted by molar-refractivity contribution is 0.102. The van der Waals surface area contributed by atoms with Gasteiger partial charge in [-0.15, -0.1) is 11.3 Å². The van der Waals surface area contributed by atoms with Crippen molar-refractivity contribution in [1.82, 2.24) is 9.88 Å². The number of amides is 1. The standard InChI is InChI=1S/C29H32N4O2S/c1-4-33(5-2)17-18-35-27-19-24(15-16-25(27)22-13-11-21(3)12-14-22)30-28(34)26-20-36-29(32-26)31-23-9-7-6-8-10-23/h6-16,19-20H,4-5,17-18H2,1-3H3,(H,30,34)(H,31,32). The molecule has 1 heterocycles. The van der Waals surface area contributed by atoms with Gasteiger partial charge in [0.2, 0.25) is 0 Å². The number of anilines is 3. The molecule has 0 spiro atoms. The molecule has 4 aromatic rings. The first kappa shape index (κ1) is 25.4. The Morgan fingerprint density at radius 1 is 0.972 bits per heavy atom. The quantitative estimate of drug-likeness (QED) is 0.236. The van der Waals surface area contributed by atoms with Gasteiger partial charge in [-0.25, -0.2) is 4.98 Å². The Morgan fingerprint density at radius 2 is 1.72 bits per heavy atom. The number of ether oxygens (including phenoxy) is 1. The summed E-state index contributed by atoms with van der Waals surface area (Å²) in [6, 6.07) is 23.9. The summed E-state index contributed by atoms with van der Waals surface area (Å²) in [5.41, 5.74) is 5.24. The van der Waals surface area contributed by atoms with Gasteiger partial charge in [-0.2, -0.15) is 0 Å². The molecule has 0 unspecified atom stereocenters. The zero-order chi connectivity index (χ0) is 25.3. The van der Waals surface area contributed by atoms with Gasteiger partial charge in [0.05, 0.1) is 0 Å². The molecule has 1 amide bonds. The van der Waals surface area contributed by atoms with Gasteiger partial charge in [0.15, 0.2) is 5.13 Å². The molecule has 0 bridgehead atoms. The van der Waals surface area contributed by atoms with Gasteiger partial charge in [0, 0.05) is 34.9 Å². The summed E-state index contributed by atoms with van der Waals surface area (Å²) < 4.78 is 6.24. The maximum absolute atomic E-state index is 12.9. The lowest BCUT2D eigenvalue weighted by Gasteiger charge is -2.19. The Hall–Kier alpha value is -3.68. The first-order valence-corrected chi connectivity index (χ1v) is 13.1. The number of thiazole rings is 1. The number of hydrogen-bond donors (Lipinski definition) is 2. The number of rotatable bonds is 11. The van der Waals surface area contributed by atoms with Crippen LogP contribution in [0.4, 0.5) is 16.5 Å². The van der Waals surface area contributed by atoms with Crippen LogP contribution in [0.15, 0.2) is 78.2 Å². The molecular weight excluding hydrogens is 468 g/mol. The minimum Gasteiger partial charge on any atom is -0.492 e. The second kappa shape index (κ2) is 12.3. The Balaban J connectivity index is 1.50. The Bertz CT molecular complexity index is 1270. The Labute approximate surface area is 217 Å². The fourth-order valence-electron chi connectivity index (χ4n) is 3.79. The van der Waals surface area contributed by atoms with Gasteiger partial charge in [0.1, 0.15) is 18.1 Å². The zero-order valence-corrected chi connectivity index (χ0v) is 21.8. The van der Waals surface area contributed by atoms with Gasteiger partial charge in [-0.05, 0) is 49.8 Å². The van der Waals surface area contributed by atoms with Crippen LogP contribution in [0.5, 0.6) is 5.75 Å². The molecule has 0 radical (unpaired) electrons. The van der Waals surface area contributed by atoms with E-state index in [1.807, 2.05) is 48.5 Å². The molecule has 0 saturated carbocycles. The van der Waals surface area contributed by atoms with Gasteiger partial charge < -0.3 is 20.3 Å². The maximum Gasteiger partial charge on any atom is 0.275 e. The summed E-state index contributed by atoms with van der Waals surface area (Å²) in [6.07, 6.45) is 0. The van der Waals surface area contributed by atoms with E-state index in [4.69, 9.17) is 4.74 Å².